The Labute approximate surface area is 138 Å². The number of nitrogens with zero attached hydrogens (tertiary/aromatic N) is 1. The molecular formula is C18H23NO3S. The van der Waals surface area contributed by atoms with Gasteiger partial charge in [-0.1, -0.05) is 26.0 Å². The highest BCUT2D eigenvalue weighted by Crippen LogP contribution is 2.32. The zero-order valence-electron chi connectivity index (χ0n) is 14.0. The van der Waals surface area contributed by atoms with Crippen LogP contribution in [0.25, 0.3) is 11.1 Å². The van der Waals surface area contributed by atoms with Gasteiger partial charge in [0.25, 0.3) is 0 Å². The molecule has 23 heavy (non-hydrogen) atoms. The summed E-state index contributed by atoms with van der Waals surface area (Å²) in [6, 6.07) is 10.7. The van der Waals surface area contributed by atoms with Crippen LogP contribution in [-0.4, -0.2) is 25.3 Å². The van der Waals surface area contributed by atoms with E-state index in [1.54, 1.807) is 31.5 Å². The molecule has 1 heterocycles. The fourth-order valence-corrected chi connectivity index (χ4v) is 4.24. The maximum Gasteiger partial charge on any atom is 0.212 e. The van der Waals surface area contributed by atoms with Crippen molar-refractivity contribution >= 4 is 9.84 Å². The van der Waals surface area contributed by atoms with E-state index in [0.29, 0.717) is 23.6 Å². The topological polar surface area (TPSA) is 56.3 Å². The minimum absolute atomic E-state index is 0.369. The van der Waals surface area contributed by atoms with Crippen LogP contribution in [0.3, 0.4) is 0 Å². The number of ether oxygens (including phenoxy) is 1. The van der Waals surface area contributed by atoms with Gasteiger partial charge in [-0.3, -0.25) is 0 Å². The van der Waals surface area contributed by atoms with Gasteiger partial charge >= 0.3 is 0 Å². The number of rotatable bonds is 6. The van der Waals surface area contributed by atoms with Gasteiger partial charge in [0.05, 0.1) is 16.8 Å². The van der Waals surface area contributed by atoms with E-state index in [1.165, 1.54) is 0 Å². The van der Waals surface area contributed by atoms with Crippen molar-refractivity contribution in [1.29, 1.82) is 0 Å². The Balaban J connectivity index is 2.35. The van der Waals surface area contributed by atoms with Crippen molar-refractivity contribution < 1.29 is 13.2 Å². The summed E-state index contributed by atoms with van der Waals surface area (Å²) in [5.41, 5.74) is 1.84. The minimum atomic E-state index is -3.35. The Hall–Kier alpha value is -1.88. The Kier molecular flexibility index (Phi) is 5.09. The third kappa shape index (κ3) is 3.24. The molecule has 1 aromatic carbocycles. The Morgan fingerprint density at radius 2 is 1.57 bits per heavy atom. The van der Waals surface area contributed by atoms with Crippen molar-refractivity contribution in [1.82, 2.24) is 4.98 Å². The van der Waals surface area contributed by atoms with Crippen LogP contribution in [-0.2, 0) is 9.84 Å². The van der Waals surface area contributed by atoms with Gasteiger partial charge in [-0.15, -0.1) is 0 Å². The van der Waals surface area contributed by atoms with E-state index < -0.39 is 14.6 Å². The van der Waals surface area contributed by atoms with Gasteiger partial charge in [-0.05, 0) is 43.5 Å². The van der Waals surface area contributed by atoms with E-state index in [1.807, 2.05) is 39.0 Å². The van der Waals surface area contributed by atoms with Crippen LogP contribution >= 0.6 is 0 Å². The maximum absolute atomic E-state index is 12.8. The highest BCUT2D eigenvalue weighted by molar-refractivity contribution is 7.92. The third-order valence-electron chi connectivity index (χ3n) is 4.59. The monoisotopic (exact) mass is 333 g/mol. The summed E-state index contributed by atoms with van der Waals surface area (Å²) in [6.45, 7) is 5.64. The maximum atomic E-state index is 12.8. The SMILES string of the molecule is CCC(C)(CC)S(=O)(=O)c1ccc(-c2ccc(OC)nc2)cc1. The molecular weight excluding hydrogens is 310 g/mol. The highest BCUT2D eigenvalue weighted by atomic mass is 32.2. The normalized spacial score (nSPS) is 12.2. The first-order chi connectivity index (χ1) is 10.9. The molecule has 0 aliphatic carbocycles. The van der Waals surface area contributed by atoms with E-state index >= 15 is 0 Å². The largest absolute Gasteiger partial charge is 0.481 e. The lowest BCUT2D eigenvalue weighted by atomic mass is 10.1. The average Bonchev–Trinajstić information content (AvgIpc) is 2.61. The number of aromatic nitrogens is 1. The molecule has 0 unspecified atom stereocenters. The number of hydrogen-bond acceptors (Lipinski definition) is 4. The fraction of sp³-hybridized carbons (Fsp3) is 0.389. The number of methoxy groups -OCH3 is 1. The second-order valence-corrected chi connectivity index (χ2v) is 8.24. The van der Waals surface area contributed by atoms with E-state index in [-0.39, 0.29) is 0 Å². The fourth-order valence-electron chi connectivity index (χ4n) is 2.41. The molecule has 0 aliphatic rings. The Bertz CT molecular complexity index is 746. The van der Waals surface area contributed by atoms with Crippen LogP contribution in [0.1, 0.15) is 33.6 Å². The first-order valence-electron chi connectivity index (χ1n) is 7.73. The van der Waals surface area contributed by atoms with Gasteiger partial charge in [0.2, 0.25) is 5.88 Å². The molecule has 2 rings (SSSR count). The van der Waals surface area contributed by atoms with Gasteiger partial charge in [0, 0.05) is 17.8 Å². The van der Waals surface area contributed by atoms with E-state index in [2.05, 4.69) is 4.98 Å². The van der Waals surface area contributed by atoms with Crippen LogP contribution in [0.2, 0.25) is 0 Å². The highest BCUT2D eigenvalue weighted by Gasteiger charge is 2.36. The molecule has 0 aliphatic heterocycles. The van der Waals surface area contributed by atoms with Gasteiger partial charge in [0.1, 0.15) is 0 Å². The summed E-state index contributed by atoms with van der Waals surface area (Å²) in [5.74, 6) is 0.551. The number of hydrogen-bond donors (Lipinski definition) is 0. The molecule has 4 nitrogen and oxygen atoms in total. The van der Waals surface area contributed by atoms with Crippen LogP contribution < -0.4 is 4.74 Å². The van der Waals surface area contributed by atoms with E-state index in [4.69, 9.17) is 4.74 Å². The average molecular weight is 333 g/mol. The summed E-state index contributed by atoms with van der Waals surface area (Å²) in [7, 11) is -1.78. The molecule has 0 bridgehead atoms. The third-order valence-corrected chi connectivity index (χ3v) is 7.36. The molecule has 2 aromatic rings. The van der Waals surface area contributed by atoms with Crippen LogP contribution in [0.5, 0.6) is 5.88 Å². The Morgan fingerprint density at radius 3 is 2.00 bits per heavy atom. The molecule has 0 radical (unpaired) electrons. The zero-order valence-corrected chi connectivity index (χ0v) is 14.9. The van der Waals surface area contributed by atoms with Crippen molar-refractivity contribution in [2.24, 2.45) is 0 Å². The first kappa shape index (κ1) is 17.5. The predicted octanol–water partition coefficient (Wildman–Crippen LogP) is 4.11. The van der Waals surface area contributed by atoms with Crippen molar-refractivity contribution in [3.8, 4) is 17.0 Å². The van der Waals surface area contributed by atoms with Gasteiger partial charge in [0.15, 0.2) is 9.84 Å². The molecule has 1 aromatic heterocycles. The molecule has 0 fully saturated rings. The molecule has 0 saturated carbocycles. The van der Waals surface area contributed by atoms with E-state index in [0.717, 1.165) is 11.1 Å². The standard InChI is InChI=1S/C18H23NO3S/c1-5-18(3,6-2)23(20,21)16-10-7-14(8-11-16)15-9-12-17(22-4)19-13-15/h7-13H,5-6H2,1-4H3. The van der Waals surface area contributed by atoms with Crippen LogP contribution in [0, 0.1) is 0 Å². The number of benzene rings is 1. The summed E-state index contributed by atoms with van der Waals surface area (Å²) < 4.78 is 30.0. The van der Waals surface area contributed by atoms with Crippen LogP contribution in [0.4, 0.5) is 0 Å². The van der Waals surface area contributed by atoms with Crippen molar-refractivity contribution in [2.45, 2.75) is 43.3 Å². The predicted molar refractivity (Wildman–Crippen MR) is 92.4 cm³/mol. The summed E-state index contributed by atoms with van der Waals surface area (Å²) >= 11 is 0. The second-order valence-electron chi connectivity index (χ2n) is 5.77. The first-order valence-corrected chi connectivity index (χ1v) is 9.21. The van der Waals surface area contributed by atoms with Crippen molar-refractivity contribution in [3.63, 3.8) is 0 Å². The number of sulfone groups is 1. The van der Waals surface area contributed by atoms with Gasteiger partial charge in [-0.2, -0.15) is 0 Å². The summed E-state index contributed by atoms with van der Waals surface area (Å²) in [6.07, 6.45) is 2.90. The van der Waals surface area contributed by atoms with E-state index in [9.17, 15) is 8.42 Å². The lowest BCUT2D eigenvalue weighted by molar-refractivity contribution is 0.398. The molecule has 0 amide bonds. The van der Waals surface area contributed by atoms with Crippen molar-refractivity contribution in [2.75, 3.05) is 7.11 Å². The van der Waals surface area contributed by atoms with Crippen molar-refractivity contribution in [3.05, 3.63) is 42.6 Å². The zero-order chi connectivity index (χ0) is 17.1. The van der Waals surface area contributed by atoms with Gasteiger partial charge in [-0.25, -0.2) is 13.4 Å². The lowest BCUT2D eigenvalue weighted by Crippen LogP contribution is -2.33. The summed E-state index contributed by atoms with van der Waals surface area (Å²) in [4.78, 5) is 4.54. The second kappa shape index (κ2) is 6.71. The molecule has 0 saturated heterocycles. The molecule has 5 heteroatoms. The molecule has 0 N–H and O–H groups in total. The lowest BCUT2D eigenvalue weighted by Gasteiger charge is -2.26. The molecule has 0 atom stereocenters. The van der Waals surface area contributed by atoms with Gasteiger partial charge < -0.3 is 4.74 Å². The molecule has 0 spiro atoms. The smallest absolute Gasteiger partial charge is 0.212 e. The Morgan fingerprint density at radius 1 is 1.00 bits per heavy atom. The molecule has 124 valence electrons. The summed E-state index contributed by atoms with van der Waals surface area (Å²) in [5, 5.41) is 0. The minimum Gasteiger partial charge on any atom is -0.481 e. The number of pyridine rings is 1. The quantitative estimate of drug-likeness (QED) is 0.798. The van der Waals surface area contributed by atoms with Crippen LogP contribution in [0.15, 0.2) is 47.5 Å².